The zero-order chi connectivity index (χ0) is 29.7. The van der Waals surface area contributed by atoms with E-state index in [1.807, 2.05) is 4.98 Å². The van der Waals surface area contributed by atoms with Gasteiger partial charge in [0.2, 0.25) is 5.95 Å². The van der Waals surface area contributed by atoms with Crippen LogP contribution < -0.4 is 10.1 Å². The van der Waals surface area contributed by atoms with Gasteiger partial charge < -0.3 is 24.7 Å². The van der Waals surface area contributed by atoms with Crippen LogP contribution in [0.15, 0.2) is 54.7 Å². The molecule has 9 nitrogen and oxygen atoms in total. The molecule has 0 atom stereocenters. The third-order valence-electron chi connectivity index (χ3n) is 5.79. The first-order chi connectivity index (χ1) is 19.2. The molecule has 0 radical (unpaired) electrons. The number of nitrogens with one attached hydrogen (secondary N) is 2. The van der Waals surface area contributed by atoms with E-state index in [9.17, 15) is 35.5 Å². The summed E-state index contributed by atoms with van der Waals surface area (Å²) in [6.07, 6.45) is -8.46. The molecule has 0 unspecified atom stereocenters. The number of rotatable bonds is 6. The number of alkyl halides is 6. The van der Waals surface area contributed by atoms with Gasteiger partial charge in [0, 0.05) is 25.4 Å². The van der Waals surface area contributed by atoms with E-state index in [1.54, 1.807) is 13.1 Å². The number of hydrogen-bond donors (Lipinski definition) is 3. The van der Waals surface area contributed by atoms with E-state index < -0.39 is 52.6 Å². The first kappa shape index (κ1) is 27.4. The molecule has 3 heterocycles. The third-order valence-corrected chi connectivity index (χ3v) is 5.79. The predicted octanol–water partition coefficient (Wildman–Crippen LogP) is 6.77. The lowest BCUT2D eigenvalue weighted by Crippen LogP contribution is -2.12. The average Bonchev–Trinajstić information content (AvgIpc) is 3.47. The van der Waals surface area contributed by atoms with E-state index >= 15 is 0 Å². The Kier molecular flexibility index (Phi) is 6.55. The van der Waals surface area contributed by atoms with Gasteiger partial charge in [-0.3, -0.25) is 4.98 Å². The standard InChI is InChI=1S/C25H15F7N6O3/c1-38-18-5-3-12(9-16(18)35-23(38)34-15-8-11(24(27,28)29)2-4-14(15)26)41-13-6-7-33-17(10-13)21-36-19(22(39)40)20(37-21)25(30,31)32/h2-10H,1H3,(H,34,35)(H,36,37)(H,39,40). The molecule has 5 rings (SSSR count). The molecule has 3 aromatic heterocycles. The summed E-state index contributed by atoms with van der Waals surface area (Å²) in [6.45, 7) is 0. The number of benzene rings is 2. The van der Waals surface area contributed by atoms with Crippen molar-refractivity contribution in [1.29, 1.82) is 0 Å². The Labute approximate surface area is 224 Å². The van der Waals surface area contributed by atoms with Gasteiger partial charge in [0.05, 0.1) is 22.3 Å². The van der Waals surface area contributed by atoms with Crippen molar-refractivity contribution in [2.24, 2.45) is 7.05 Å². The molecule has 0 saturated heterocycles. The number of aryl methyl sites for hydroxylation is 1. The number of anilines is 2. The quantitative estimate of drug-likeness (QED) is 0.190. The van der Waals surface area contributed by atoms with Gasteiger partial charge in [-0.15, -0.1) is 0 Å². The minimum absolute atomic E-state index is 0.0362. The molecule has 0 aliphatic heterocycles. The number of halogens is 7. The summed E-state index contributed by atoms with van der Waals surface area (Å²) in [4.78, 5) is 24.9. The SMILES string of the molecule is Cn1c(Nc2cc(C(F)(F)F)ccc2F)nc2cc(Oc3ccnc(-c4nc(C(=O)O)c(C(F)(F)F)[nH]4)c3)ccc21. The number of fused-ring (bicyclic) bond motifs is 1. The van der Waals surface area contributed by atoms with Gasteiger partial charge in [-0.2, -0.15) is 26.3 Å². The van der Waals surface area contributed by atoms with Crippen LogP contribution in [0.25, 0.3) is 22.6 Å². The van der Waals surface area contributed by atoms with Crippen LogP contribution in [0.1, 0.15) is 21.7 Å². The fourth-order valence-corrected chi connectivity index (χ4v) is 3.87. The van der Waals surface area contributed by atoms with Crippen molar-refractivity contribution in [3.8, 4) is 23.0 Å². The smallest absolute Gasteiger partial charge is 0.433 e. The van der Waals surface area contributed by atoms with Crippen LogP contribution in [-0.2, 0) is 19.4 Å². The highest BCUT2D eigenvalue weighted by atomic mass is 19.4. The summed E-state index contributed by atoms with van der Waals surface area (Å²) >= 11 is 0. The highest BCUT2D eigenvalue weighted by Crippen LogP contribution is 2.35. The molecule has 5 aromatic rings. The van der Waals surface area contributed by atoms with Gasteiger partial charge in [0.25, 0.3) is 0 Å². The van der Waals surface area contributed by atoms with Gasteiger partial charge in [0.1, 0.15) is 23.0 Å². The maximum absolute atomic E-state index is 14.2. The van der Waals surface area contributed by atoms with Crippen LogP contribution in [0.2, 0.25) is 0 Å². The van der Waals surface area contributed by atoms with Crippen LogP contribution in [-0.4, -0.2) is 35.6 Å². The number of pyridine rings is 1. The Hall–Kier alpha value is -5.15. The number of carboxylic acid groups (broad SMARTS) is 1. The first-order valence-corrected chi connectivity index (χ1v) is 11.4. The summed E-state index contributed by atoms with van der Waals surface area (Å²) in [5.41, 5.74) is -3.53. The van der Waals surface area contributed by atoms with Crippen molar-refractivity contribution in [2.75, 3.05) is 5.32 Å². The number of aromatic amines is 1. The lowest BCUT2D eigenvalue weighted by Gasteiger charge is -2.11. The summed E-state index contributed by atoms with van der Waals surface area (Å²) in [7, 11) is 1.56. The van der Waals surface area contributed by atoms with Crippen LogP contribution in [0.5, 0.6) is 11.5 Å². The minimum Gasteiger partial charge on any atom is -0.476 e. The molecule has 0 amide bonds. The lowest BCUT2D eigenvalue weighted by molar-refractivity contribution is -0.141. The van der Waals surface area contributed by atoms with Gasteiger partial charge in [-0.25, -0.2) is 19.2 Å². The minimum atomic E-state index is -4.99. The van der Waals surface area contributed by atoms with E-state index in [0.717, 1.165) is 0 Å². The third kappa shape index (κ3) is 5.48. The van der Waals surface area contributed by atoms with Crippen molar-refractivity contribution in [3.63, 3.8) is 0 Å². The van der Waals surface area contributed by atoms with Crippen molar-refractivity contribution in [2.45, 2.75) is 12.4 Å². The molecular weight excluding hydrogens is 565 g/mol. The number of imidazole rings is 2. The molecule has 0 bridgehead atoms. The number of carbonyl (C=O) groups is 1. The Morgan fingerprint density at radius 3 is 2.37 bits per heavy atom. The highest BCUT2D eigenvalue weighted by molar-refractivity contribution is 5.88. The summed E-state index contributed by atoms with van der Waals surface area (Å²) in [5.74, 6) is -2.88. The van der Waals surface area contributed by atoms with Gasteiger partial charge in [-0.1, -0.05) is 0 Å². The van der Waals surface area contributed by atoms with E-state index in [4.69, 9.17) is 9.84 Å². The van der Waals surface area contributed by atoms with Gasteiger partial charge in [0.15, 0.2) is 17.2 Å². The fraction of sp³-hybridized carbons (Fsp3) is 0.120. The summed E-state index contributed by atoms with van der Waals surface area (Å²) < 4.78 is 100. The second-order valence-electron chi connectivity index (χ2n) is 8.55. The lowest BCUT2D eigenvalue weighted by atomic mass is 10.2. The summed E-state index contributed by atoms with van der Waals surface area (Å²) in [6, 6.07) is 9.14. The number of hydrogen-bond acceptors (Lipinski definition) is 6. The maximum atomic E-state index is 14.2. The molecule has 0 aliphatic rings. The summed E-state index contributed by atoms with van der Waals surface area (Å²) in [5, 5.41) is 11.6. The van der Waals surface area contributed by atoms with E-state index in [1.165, 1.54) is 35.0 Å². The second kappa shape index (κ2) is 9.79. The molecule has 3 N–H and O–H groups in total. The number of nitrogens with zero attached hydrogens (tertiary/aromatic N) is 4. The first-order valence-electron chi connectivity index (χ1n) is 11.4. The van der Waals surface area contributed by atoms with Crippen molar-refractivity contribution >= 4 is 28.6 Å². The molecule has 0 spiro atoms. The van der Waals surface area contributed by atoms with Crippen molar-refractivity contribution in [3.05, 3.63) is 77.5 Å². The largest absolute Gasteiger partial charge is 0.476 e. The topological polar surface area (TPSA) is 118 Å². The average molecular weight is 580 g/mol. The molecule has 2 aromatic carbocycles. The Bertz CT molecular complexity index is 1790. The Balaban J connectivity index is 1.42. The maximum Gasteiger partial charge on any atom is 0.433 e. The Morgan fingerprint density at radius 2 is 1.71 bits per heavy atom. The molecule has 212 valence electrons. The van der Waals surface area contributed by atoms with Crippen LogP contribution in [0.3, 0.4) is 0 Å². The number of carboxylic acids is 1. The molecule has 41 heavy (non-hydrogen) atoms. The number of H-pyrrole nitrogens is 1. The van der Waals surface area contributed by atoms with Crippen LogP contribution >= 0.6 is 0 Å². The second-order valence-corrected chi connectivity index (χ2v) is 8.55. The zero-order valence-electron chi connectivity index (χ0n) is 20.4. The van der Waals surface area contributed by atoms with Gasteiger partial charge >= 0.3 is 18.3 Å². The monoisotopic (exact) mass is 580 g/mol. The normalized spacial score (nSPS) is 12.1. The van der Waals surface area contributed by atoms with E-state index in [-0.39, 0.29) is 23.1 Å². The predicted molar refractivity (Wildman–Crippen MR) is 129 cm³/mol. The highest BCUT2D eigenvalue weighted by Gasteiger charge is 2.39. The van der Waals surface area contributed by atoms with Gasteiger partial charge in [-0.05, 0) is 36.4 Å². The molecule has 0 fully saturated rings. The van der Waals surface area contributed by atoms with E-state index in [2.05, 4.69) is 20.3 Å². The molecule has 0 saturated carbocycles. The van der Waals surface area contributed by atoms with Crippen LogP contribution in [0, 0.1) is 5.82 Å². The zero-order valence-corrected chi connectivity index (χ0v) is 20.4. The van der Waals surface area contributed by atoms with Crippen LogP contribution in [0.4, 0.5) is 42.4 Å². The van der Waals surface area contributed by atoms with E-state index in [0.29, 0.717) is 29.2 Å². The number of ether oxygens (including phenoxy) is 1. The molecular formula is C25H15F7N6O3. The number of aromatic carboxylic acids is 1. The fourth-order valence-electron chi connectivity index (χ4n) is 3.87. The molecule has 0 aliphatic carbocycles. The van der Waals surface area contributed by atoms with Crippen molar-refractivity contribution < 1.29 is 45.4 Å². The number of aromatic nitrogens is 5. The molecule has 16 heteroatoms. The van der Waals surface area contributed by atoms with Crippen molar-refractivity contribution in [1.82, 2.24) is 24.5 Å². The Morgan fingerprint density at radius 1 is 0.976 bits per heavy atom.